The highest BCUT2D eigenvalue weighted by molar-refractivity contribution is 5.30. The van der Waals surface area contributed by atoms with E-state index in [1.807, 2.05) is 6.07 Å². The minimum absolute atomic E-state index is 0.206. The van der Waals surface area contributed by atoms with Crippen LogP contribution in [0.4, 0.5) is 5.82 Å². The normalized spacial score (nSPS) is 11.7. The van der Waals surface area contributed by atoms with E-state index in [-0.39, 0.29) is 5.41 Å². The van der Waals surface area contributed by atoms with Crippen molar-refractivity contribution in [3.05, 3.63) is 17.6 Å². The van der Waals surface area contributed by atoms with Crippen LogP contribution in [0.1, 0.15) is 45.6 Å². The molecule has 0 atom stereocenters. The minimum Gasteiger partial charge on any atom is -0.384 e. The molecule has 2 N–H and O–H groups in total. The molecule has 0 saturated carbocycles. The molecule has 0 amide bonds. The first-order valence-corrected chi connectivity index (χ1v) is 5.53. The molecule has 0 aliphatic carbocycles. The fourth-order valence-corrected chi connectivity index (χ4v) is 1.51. The molecule has 1 rings (SSSR count). The van der Waals surface area contributed by atoms with Crippen LogP contribution in [0, 0.1) is 5.41 Å². The monoisotopic (exact) mass is 207 g/mol. The van der Waals surface area contributed by atoms with E-state index in [2.05, 4.69) is 37.7 Å². The van der Waals surface area contributed by atoms with Crippen molar-refractivity contribution in [2.75, 3.05) is 5.73 Å². The maximum atomic E-state index is 5.76. The van der Waals surface area contributed by atoms with E-state index >= 15 is 0 Å². The van der Waals surface area contributed by atoms with Crippen LogP contribution < -0.4 is 5.73 Å². The summed E-state index contributed by atoms with van der Waals surface area (Å²) in [5.41, 5.74) is 7.02. The summed E-state index contributed by atoms with van der Waals surface area (Å²) in [6.45, 7) is 8.68. The summed E-state index contributed by atoms with van der Waals surface area (Å²) in [4.78, 5) is 8.79. The van der Waals surface area contributed by atoms with Crippen LogP contribution in [0.3, 0.4) is 0 Å². The third-order valence-electron chi connectivity index (χ3n) is 2.04. The Morgan fingerprint density at radius 2 is 1.93 bits per heavy atom. The molecule has 0 radical (unpaired) electrons. The lowest BCUT2D eigenvalue weighted by Crippen LogP contribution is -2.13. The highest BCUT2D eigenvalue weighted by atomic mass is 14.9. The SMILES string of the molecule is CCCc1cc(N)nc(CC(C)(C)C)n1. The molecule has 0 spiro atoms. The van der Waals surface area contributed by atoms with Gasteiger partial charge in [0, 0.05) is 18.2 Å². The molecule has 3 nitrogen and oxygen atoms in total. The Kier molecular flexibility index (Phi) is 3.66. The Hall–Kier alpha value is -1.12. The van der Waals surface area contributed by atoms with Crippen LogP contribution in [0.15, 0.2) is 6.07 Å². The van der Waals surface area contributed by atoms with Crippen LogP contribution in [-0.4, -0.2) is 9.97 Å². The molecule has 1 heterocycles. The van der Waals surface area contributed by atoms with Crippen molar-refractivity contribution in [1.82, 2.24) is 9.97 Å². The molecule has 0 saturated heterocycles. The first kappa shape index (κ1) is 12.0. The molecule has 1 aromatic rings. The average Bonchev–Trinajstić information content (AvgIpc) is 1.99. The lowest BCUT2D eigenvalue weighted by atomic mass is 9.92. The van der Waals surface area contributed by atoms with E-state index in [1.165, 1.54) is 0 Å². The molecule has 1 aromatic heterocycles. The largest absolute Gasteiger partial charge is 0.384 e. The fourth-order valence-electron chi connectivity index (χ4n) is 1.51. The molecule has 0 fully saturated rings. The van der Waals surface area contributed by atoms with Gasteiger partial charge in [-0.2, -0.15) is 0 Å². The lowest BCUT2D eigenvalue weighted by Gasteiger charge is -2.17. The van der Waals surface area contributed by atoms with Gasteiger partial charge in [0.1, 0.15) is 11.6 Å². The van der Waals surface area contributed by atoms with Crippen molar-refractivity contribution in [2.24, 2.45) is 5.41 Å². The topological polar surface area (TPSA) is 51.8 Å². The molecule has 0 bridgehead atoms. The van der Waals surface area contributed by atoms with Crippen LogP contribution in [0.25, 0.3) is 0 Å². The highest BCUT2D eigenvalue weighted by Crippen LogP contribution is 2.19. The van der Waals surface area contributed by atoms with Crippen LogP contribution in [0.5, 0.6) is 0 Å². The van der Waals surface area contributed by atoms with Crippen molar-refractivity contribution < 1.29 is 0 Å². The van der Waals surface area contributed by atoms with E-state index in [0.29, 0.717) is 5.82 Å². The zero-order valence-electron chi connectivity index (χ0n) is 10.2. The zero-order valence-corrected chi connectivity index (χ0v) is 10.2. The quantitative estimate of drug-likeness (QED) is 0.828. The number of aromatic nitrogens is 2. The molecule has 0 aliphatic heterocycles. The Morgan fingerprint density at radius 3 is 2.47 bits per heavy atom. The first-order valence-electron chi connectivity index (χ1n) is 5.53. The summed E-state index contributed by atoms with van der Waals surface area (Å²) in [5.74, 6) is 1.46. The highest BCUT2D eigenvalue weighted by Gasteiger charge is 2.14. The number of rotatable bonds is 3. The third kappa shape index (κ3) is 4.28. The van der Waals surface area contributed by atoms with E-state index in [9.17, 15) is 0 Å². The van der Waals surface area contributed by atoms with Gasteiger partial charge in [-0.1, -0.05) is 34.1 Å². The van der Waals surface area contributed by atoms with Crippen molar-refractivity contribution in [1.29, 1.82) is 0 Å². The standard InChI is InChI=1S/C12H21N3/c1-5-6-9-7-10(13)15-11(14-9)8-12(2,3)4/h7H,5-6,8H2,1-4H3,(H2,13,14,15). The summed E-state index contributed by atoms with van der Waals surface area (Å²) in [5, 5.41) is 0. The Bertz CT molecular complexity index is 326. The molecular weight excluding hydrogens is 186 g/mol. The second-order valence-corrected chi connectivity index (χ2v) is 5.19. The summed E-state index contributed by atoms with van der Waals surface area (Å²) in [6, 6.07) is 1.87. The van der Waals surface area contributed by atoms with Crippen molar-refractivity contribution in [3.63, 3.8) is 0 Å². The summed E-state index contributed by atoms with van der Waals surface area (Å²) >= 11 is 0. The molecular formula is C12H21N3. The van der Waals surface area contributed by atoms with Gasteiger partial charge in [-0.05, 0) is 11.8 Å². The van der Waals surface area contributed by atoms with E-state index in [1.54, 1.807) is 0 Å². The van der Waals surface area contributed by atoms with Gasteiger partial charge >= 0.3 is 0 Å². The van der Waals surface area contributed by atoms with Crippen molar-refractivity contribution >= 4 is 5.82 Å². The fraction of sp³-hybridized carbons (Fsp3) is 0.667. The molecule has 15 heavy (non-hydrogen) atoms. The van der Waals surface area contributed by atoms with Gasteiger partial charge in [-0.3, -0.25) is 0 Å². The van der Waals surface area contributed by atoms with Gasteiger partial charge in [0.2, 0.25) is 0 Å². The number of hydrogen-bond acceptors (Lipinski definition) is 3. The number of nitrogens with two attached hydrogens (primary N) is 1. The zero-order chi connectivity index (χ0) is 11.5. The molecule has 3 heteroatoms. The van der Waals surface area contributed by atoms with Crippen molar-refractivity contribution in [3.8, 4) is 0 Å². The molecule has 0 aromatic carbocycles. The van der Waals surface area contributed by atoms with Gasteiger partial charge in [0.05, 0.1) is 0 Å². The second kappa shape index (κ2) is 4.60. The van der Waals surface area contributed by atoms with Gasteiger partial charge in [-0.25, -0.2) is 9.97 Å². The summed E-state index contributed by atoms with van der Waals surface area (Å²) < 4.78 is 0. The molecule has 0 aliphatic rings. The number of nitrogen functional groups attached to an aromatic ring is 1. The Labute approximate surface area is 92.1 Å². The molecule has 0 unspecified atom stereocenters. The number of aryl methyl sites for hydroxylation is 1. The van der Waals surface area contributed by atoms with E-state index < -0.39 is 0 Å². The van der Waals surface area contributed by atoms with Gasteiger partial charge in [-0.15, -0.1) is 0 Å². The lowest BCUT2D eigenvalue weighted by molar-refractivity contribution is 0.400. The smallest absolute Gasteiger partial charge is 0.131 e. The Morgan fingerprint density at radius 1 is 1.27 bits per heavy atom. The first-order chi connectivity index (χ1) is 6.90. The number of hydrogen-bond donors (Lipinski definition) is 1. The number of anilines is 1. The van der Waals surface area contributed by atoms with Gasteiger partial charge in [0.25, 0.3) is 0 Å². The predicted molar refractivity (Wildman–Crippen MR) is 63.6 cm³/mol. The second-order valence-electron chi connectivity index (χ2n) is 5.19. The van der Waals surface area contributed by atoms with Crippen molar-refractivity contribution in [2.45, 2.75) is 47.0 Å². The average molecular weight is 207 g/mol. The van der Waals surface area contributed by atoms with E-state index in [0.717, 1.165) is 30.8 Å². The maximum Gasteiger partial charge on any atom is 0.131 e. The van der Waals surface area contributed by atoms with Crippen LogP contribution in [-0.2, 0) is 12.8 Å². The summed E-state index contributed by atoms with van der Waals surface area (Å²) in [7, 11) is 0. The Balaban J connectivity index is 2.88. The molecule has 84 valence electrons. The van der Waals surface area contributed by atoms with Crippen LogP contribution in [0.2, 0.25) is 0 Å². The third-order valence-corrected chi connectivity index (χ3v) is 2.04. The summed E-state index contributed by atoms with van der Waals surface area (Å²) in [6.07, 6.45) is 2.93. The minimum atomic E-state index is 0.206. The maximum absolute atomic E-state index is 5.76. The van der Waals surface area contributed by atoms with E-state index in [4.69, 9.17) is 5.73 Å². The van der Waals surface area contributed by atoms with Gasteiger partial charge in [0.15, 0.2) is 0 Å². The van der Waals surface area contributed by atoms with Crippen LogP contribution >= 0.6 is 0 Å². The predicted octanol–water partition coefficient (Wildman–Crippen LogP) is 2.60. The number of nitrogens with zero attached hydrogens (tertiary/aromatic N) is 2. The van der Waals surface area contributed by atoms with Gasteiger partial charge < -0.3 is 5.73 Å².